The Hall–Kier alpha value is -4.30. The molecule has 1 heterocycles. The predicted molar refractivity (Wildman–Crippen MR) is 138 cm³/mol. The molecule has 6 aromatic rings. The van der Waals surface area contributed by atoms with Crippen LogP contribution in [0.25, 0.3) is 49.7 Å². The Labute approximate surface area is 193 Å². The molecule has 0 unspecified atom stereocenters. The number of fused-ring (bicyclic) bond motifs is 3. The maximum atomic E-state index is 5.54. The van der Waals surface area contributed by atoms with E-state index in [1.807, 2.05) is 6.07 Å². The van der Waals surface area contributed by atoms with Crippen LogP contribution in [0.4, 0.5) is 0 Å². The molecule has 0 amide bonds. The van der Waals surface area contributed by atoms with E-state index < -0.39 is 0 Å². The summed E-state index contributed by atoms with van der Waals surface area (Å²) in [5.74, 6) is 0.860. The average molecular weight is 426 g/mol. The summed E-state index contributed by atoms with van der Waals surface area (Å²) in [5, 5.41) is 2.46. The summed E-state index contributed by atoms with van der Waals surface area (Å²) in [4.78, 5) is 0. The first kappa shape index (κ1) is 19.4. The Morgan fingerprint density at radius 3 is 1.79 bits per heavy atom. The molecule has 1 aromatic heterocycles. The van der Waals surface area contributed by atoms with Crippen LogP contribution < -0.4 is 4.74 Å². The average Bonchev–Trinajstić information content (AvgIpc) is 3.22. The monoisotopic (exact) mass is 425 g/mol. The van der Waals surface area contributed by atoms with Gasteiger partial charge in [-0.15, -0.1) is 0 Å². The zero-order chi connectivity index (χ0) is 22.2. The van der Waals surface area contributed by atoms with Gasteiger partial charge in [-0.05, 0) is 58.7 Å². The van der Waals surface area contributed by atoms with Gasteiger partial charge in [0.15, 0.2) is 0 Å². The fourth-order valence-corrected chi connectivity index (χ4v) is 4.67. The second-order valence-electron chi connectivity index (χ2n) is 8.23. The third-order valence-electron chi connectivity index (χ3n) is 6.29. The number of benzene rings is 5. The molecule has 158 valence electrons. The van der Waals surface area contributed by atoms with Gasteiger partial charge in [0, 0.05) is 22.5 Å². The molecule has 0 aliphatic heterocycles. The molecule has 0 bridgehead atoms. The topological polar surface area (TPSA) is 14.2 Å². The van der Waals surface area contributed by atoms with Crippen LogP contribution in [0, 0.1) is 0 Å². The van der Waals surface area contributed by atoms with E-state index in [4.69, 9.17) is 4.74 Å². The van der Waals surface area contributed by atoms with Gasteiger partial charge in [-0.2, -0.15) is 0 Å². The molecule has 5 aromatic carbocycles. The maximum Gasteiger partial charge on any atom is 0.120 e. The Kier molecular flexibility index (Phi) is 4.70. The van der Waals surface area contributed by atoms with Crippen molar-refractivity contribution in [3.8, 4) is 33.7 Å². The lowest BCUT2D eigenvalue weighted by Gasteiger charge is -2.10. The molecule has 0 saturated heterocycles. The first-order valence-corrected chi connectivity index (χ1v) is 11.2. The van der Waals surface area contributed by atoms with Crippen molar-refractivity contribution in [3.63, 3.8) is 0 Å². The van der Waals surface area contributed by atoms with Crippen LogP contribution in [0.15, 0.2) is 121 Å². The van der Waals surface area contributed by atoms with Gasteiger partial charge in [0.2, 0.25) is 0 Å². The molecule has 33 heavy (non-hydrogen) atoms. The highest BCUT2D eigenvalue weighted by molar-refractivity contribution is 6.10. The lowest BCUT2D eigenvalue weighted by atomic mass is 9.98. The maximum absolute atomic E-state index is 5.54. The van der Waals surface area contributed by atoms with Crippen LogP contribution in [0.1, 0.15) is 0 Å². The predicted octanol–water partition coefficient (Wildman–Crippen LogP) is 8.13. The molecular formula is C31H23NO. The van der Waals surface area contributed by atoms with Gasteiger partial charge in [-0.25, -0.2) is 0 Å². The summed E-state index contributed by atoms with van der Waals surface area (Å²) in [5.41, 5.74) is 8.33. The normalized spacial score (nSPS) is 11.2. The van der Waals surface area contributed by atoms with E-state index in [0.717, 1.165) is 17.0 Å². The minimum absolute atomic E-state index is 0.860. The van der Waals surface area contributed by atoms with Gasteiger partial charge >= 0.3 is 0 Å². The summed E-state index contributed by atoms with van der Waals surface area (Å²) in [6.45, 7) is 0. The smallest absolute Gasteiger partial charge is 0.120 e. The van der Waals surface area contributed by atoms with Crippen LogP contribution in [0.2, 0.25) is 0 Å². The molecule has 0 radical (unpaired) electrons. The lowest BCUT2D eigenvalue weighted by molar-refractivity contribution is 0.415. The van der Waals surface area contributed by atoms with E-state index in [0.29, 0.717) is 0 Å². The number of ether oxygens (including phenoxy) is 1. The molecule has 0 saturated carbocycles. The van der Waals surface area contributed by atoms with Gasteiger partial charge in [0.25, 0.3) is 0 Å². The summed E-state index contributed by atoms with van der Waals surface area (Å²) < 4.78 is 7.88. The first-order valence-electron chi connectivity index (χ1n) is 11.2. The summed E-state index contributed by atoms with van der Waals surface area (Å²) >= 11 is 0. The van der Waals surface area contributed by atoms with E-state index >= 15 is 0 Å². The fourth-order valence-electron chi connectivity index (χ4n) is 4.67. The standard InChI is InChI=1S/C31H23NO/c1-33-27-16-18-29-28-17-15-25(24-12-8-11-23(19-24)22-9-4-2-5-10-22)20-30(28)32(31(29)21-27)26-13-6-3-7-14-26/h2-21H,1H3. The highest BCUT2D eigenvalue weighted by Crippen LogP contribution is 2.37. The summed E-state index contributed by atoms with van der Waals surface area (Å²) in [6, 6.07) is 42.9. The number of methoxy groups -OCH3 is 1. The van der Waals surface area contributed by atoms with Crippen LogP contribution >= 0.6 is 0 Å². The molecule has 6 rings (SSSR count). The van der Waals surface area contributed by atoms with E-state index in [1.165, 1.54) is 38.5 Å². The van der Waals surface area contributed by atoms with Gasteiger partial charge in [-0.1, -0.05) is 78.9 Å². The first-order chi connectivity index (χ1) is 16.3. The number of aromatic nitrogens is 1. The number of hydrogen-bond donors (Lipinski definition) is 0. The van der Waals surface area contributed by atoms with Crippen molar-refractivity contribution < 1.29 is 4.74 Å². The number of nitrogens with zero attached hydrogens (tertiary/aromatic N) is 1. The Balaban J connectivity index is 1.59. The summed E-state index contributed by atoms with van der Waals surface area (Å²) in [7, 11) is 1.72. The molecule has 0 N–H and O–H groups in total. The molecular weight excluding hydrogens is 402 g/mol. The second-order valence-corrected chi connectivity index (χ2v) is 8.23. The van der Waals surface area contributed by atoms with Crippen LogP contribution in [-0.4, -0.2) is 11.7 Å². The van der Waals surface area contributed by atoms with Crippen molar-refractivity contribution >= 4 is 21.8 Å². The van der Waals surface area contributed by atoms with Crippen molar-refractivity contribution in [2.24, 2.45) is 0 Å². The second kappa shape index (κ2) is 7.99. The number of para-hydroxylation sites is 1. The van der Waals surface area contributed by atoms with E-state index in [9.17, 15) is 0 Å². The van der Waals surface area contributed by atoms with E-state index in [1.54, 1.807) is 7.11 Å². The van der Waals surface area contributed by atoms with Gasteiger partial charge in [0.1, 0.15) is 5.75 Å². The van der Waals surface area contributed by atoms with Crippen molar-refractivity contribution in [1.82, 2.24) is 4.57 Å². The van der Waals surface area contributed by atoms with Crippen LogP contribution in [0.5, 0.6) is 5.75 Å². The molecule has 0 fully saturated rings. The quantitative estimate of drug-likeness (QED) is 0.278. The van der Waals surface area contributed by atoms with Crippen LogP contribution in [-0.2, 0) is 0 Å². The molecule has 2 nitrogen and oxygen atoms in total. The van der Waals surface area contributed by atoms with Crippen molar-refractivity contribution in [3.05, 3.63) is 121 Å². The van der Waals surface area contributed by atoms with Crippen molar-refractivity contribution in [2.75, 3.05) is 7.11 Å². The third kappa shape index (κ3) is 3.37. The zero-order valence-corrected chi connectivity index (χ0v) is 18.4. The number of rotatable bonds is 4. The summed E-state index contributed by atoms with van der Waals surface area (Å²) in [6.07, 6.45) is 0. The van der Waals surface area contributed by atoms with Crippen LogP contribution in [0.3, 0.4) is 0 Å². The van der Waals surface area contributed by atoms with Crippen molar-refractivity contribution in [2.45, 2.75) is 0 Å². The minimum atomic E-state index is 0.860. The molecule has 0 aliphatic carbocycles. The van der Waals surface area contributed by atoms with Gasteiger partial charge in [0.05, 0.1) is 18.1 Å². The largest absolute Gasteiger partial charge is 0.497 e. The lowest BCUT2D eigenvalue weighted by Crippen LogP contribution is -1.94. The van der Waals surface area contributed by atoms with E-state index in [-0.39, 0.29) is 0 Å². The minimum Gasteiger partial charge on any atom is -0.497 e. The number of hydrogen-bond acceptors (Lipinski definition) is 1. The molecule has 2 heteroatoms. The molecule has 0 aliphatic rings. The highest BCUT2D eigenvalue weighted by atomic mass is 16.5. The Bertz CT molecular complexity index is 1580. The van der Waals surface area contributed by atoms with Crippen molar-refractivity contribution in [1.29, 1.82) is 0 Å². The fraction of sp³-hybridized carbons (Fsp3) is 0.0323. The van der Waals surface area contributed by atoms with E-state index in [2.05, 4.69) is 120 Å². The molecule has 0 atom stereocenters. The zero-order valence-electron chi connectivity index (χ0n) is 18.4. The van der Waals surface area contributed by atoms with Gasteiger partial charge < -0.3 is 9.30 Å². The Morgan fingerprint density at radius 1 is 0.485 bits per heavy atom. The Morgan fingerprint density at radius 2 is 1.06 bits per heavy atom. The van der Waals surface area contributed by atoms with Gasteiger partial charge in [-0.3, -0.25) is 0 Å². The molecule has 0 spiro atoms. The highest BCUT2D eigenvalue weighted by Gasteiger charge is 2.14. The third-order valence-corrected chi connectivity index (χ3v) is 6.29. The SMILES string of the molecule is COc1ccc2c3ccc(-c4cccc(-c5ccccc5)c4)cc3n(-c3ccccc3)c2c1.